The average Bonchev–Trinajstić information content (AvgIpc) is 2.40. The van der Waals surface area contributed by atoms with Crippen molar-refractivity contribution in [3.63, 3.8) is 0 Å². The molecule has 0 bridgehead atoms. The lowest BCUT2D eigenvalue weighted by Gasteiger charge is -2.33. The zero-order valence-corrected chi connectivity index (χ0v) is 11.2. The highest BCUT2D eigenvalue weighted by atomic mass is 16.5. The number of pyridine rings is 1. The maximum absolute atomic E-state index is 9.43. The number of hydrogen-bond acceptors (Lipinski definition) is 4. The second kappa shape index (κ2) is 6.16. The molecule has 0 aliphatic carbocycles. The van der Waals surface area contributed by atoms with Crippen LogP contribution in [0.1, 0.15) is 38.5 Å². The fourth-order valence-electron chi connectivity index (χ4n) is 2.35. The highest BCUT2D eigenvalue weighted by molar-refractivity contribution is 5.45. The molecule has 18 heavy (non-hydrogen) atoms. The van der Waals surface area contributed by atoms with Crippen molar-refractivity contribution in [3.8, 4) is 0 Å². The molecule has 2 rings (SSSR count). The van der Waals surface area contributed by atoms with E-state index in [1.54, 1.807) is 6.92 Å². The fourth-order valence-corrected chi connectivity index (χ4v) is 2.35. The fraction of sp³-hybridized carbons (Fsp3) is 0.643. The second-order valence-corrected chi connectivity index (χ2v) is 4.76. The molecule has 0 aromatic carbocycles. The number of ether oxygens (including phenoxy) is 1. The van der Waals surface area contributed by atoms with Crippen LogP contribution >= 0.6 is 0 Å². The van der Waals surface area contributed by atoms with E-state index < -0.39 is 6.10 Å². The number of aliphatic hydroxyl groups excluding tert-OH is 1. The largest absolute Gasteiger partial charge is 0.387 e. The van der Waals surface area contributed by atoms with Crippen LogP contribution in [-0.4, -0.2) is 35.9 Å². The Bertz CT molecular complexity index is 357. The Morgan fingerprint density at radius 3 is 2.67 bits per heavy atom. The highest BCUT2D eigenvalue weighted by Gasteiger charge is 2.19. The van der Waals surface area contributed by atoms with E-state index in [9.17, 15) is 5.11 Å². The molecule has 1 fully saturated rings. The summed E-state index contributed by atoms with van der Waals surface area (Å²) in [6, 6.07) is 3.94. The summed E-state index contributed by atoms with van der Waals surface area (Å²) in [5, 5.41) is 9.43. The van der Waals surface area contributed by atoms with E-state index in [1.165, 1.54) is 0 Å². The van der Waals surface area contributed by atoms with E-state index in [4.69, 9.17) is 4.74 Å². The van der Waals surface area contributed by atoms with Gasteiger partial charge in [0.25, 0.3) is 0 Å². The van der Waals surface area contributed by atoms with Crippen LogP contribution < -0.4 is 4.90 Å². The third kappa shape index (κ3) is 3.21. The van der Waals surface area contributed by atoms with Crippen molar-refractivity contribution in [2.24, 2.45) is 0 Å². The van der Waals surface area contributed by atoms with Crippen LogP contribution in [-0.2, 0) is 4.74 Å². The van der Waals surface area contributed by atoms with Gasteiger partial charge in [0.15, 0.2) is 0 Å². The Morgan fingerprint density at radius 1 is 1.44 bits per heavy atom. The first-order chi connectivity index (χ1) is 8.70. The third-order valence-corrected chi connectivity index (χ3v) is 3.41. The molecule has 4 nitrogen and oxygen atoms in total. The molecule has 2 heterocycles. The first-order valence-electron chi connectivity index (χ1n) is 6.71. The minimum Gasteiger partial charge on any atom is -0.387 e. The molecule has 1 N–H and O–H groups in total. The number of aliphatic hydroxyl groups is 1. The number of aromatic nitrogens is 1. The van der Waals surface area contributed by atoms with Crippen molar-refractivity contribution < 1.29 is 9.84 Å². The average molecular weight is 250 g/mol. The van der Waals surface area contributed by atoms with Crippen LogP contribution in [0.4, 0.5) is 5.69 Å². The molecule has 0 amide bonds. The van der Waals surface area contributed by atoms with Crippen LogP contribution in [0.25, 0.3) is 0 Å². The van der Waals surface area contributed by atoms with Crippen LogP contribution in [0.5, 0.6) is 0 Å². The quantitative estimate of drug-likeness (QED) is 0.889. The summed E-state index contributed by atoms with van der Waals surface area (Å²) in [5.74, 6) is 0. The number of anilines is 1. The van der Waals surface area contributed by atoms with E-state index in [2.05, 4.69) is 9.88 Å². The van der Waals surface area contributed by atoms with Gasteiger partial charge in [-0.2, -0.15) is 0 Å². The molecule has 0 radical (unpaired) electrons. The molecule has 4 heteroatoms. The predicted octanol–water partition coefficient (Wildman–Crippen LogP) is 2.14. The van der Waals surface area contributed by atoms with Gasteiger partial charge in [0.1, 0.15) is 0 Å². The molecule has 1 aliphatic heterocycles. The Kier molecular flexibility index (Phi) is 4.55. The molecular weight excluding hydrogens is 228 g/mol. The summed E-state index contributed by atoms with van der Waals surface area (Å²) < 4.78 is 5.64. The Balaban J connectivity index is 1.93. The molecular formula is C14H22N2O2. The van der Waals surface area contributed by atoms with Crippen molar-refractivity contribution in [3.05, 3.63) is 24.0 Å². The summed E-state index contributed by atoms with van der Waals surface area (Å²) in [4.78, 5) is 6.61. The standard InChI is InChI=1S/C14H22N2O2/c1-3-18-13-6-8-16(9-7-13)12-4-5-14(11(2)17)15-10-12/h4-5,10-11,13,17H,3,6-9H2,1-2H3/t11-/m0/s1. The Morgan fingerprint density at radius 2 is 2.17 bits per heavy atom. The summed E-state index contributed by atoms with van der Waals surface area (Å²) >= 11 is 0. The van der Waals surface area contributed by atoms with E-state index >= 15 is 0 Å². The lowest BCUT2D eigenvalue weighted by Crippen LogP contribution is -2.37. The minimum absolute atomic E-state index is 0.413. The highest BCUT2D eigenvalue weighted by Crippen LogP contribution is 2.21. The number of piperidine rings is 1. The number of hydrogen-bond donors (Lipinski definition) is 1. The lowest BCUT2D eigenvalue weighted by molar-refractivity contribution is 0.0459. The minimum atomic E-state index is -0.497. The van der Waals surface area contributed by atoms with Crippen molar-refractivity contribution in [2.75, 3.05) is 24.6 Å². The van der Waals surface area contributed by atoms with Gasteiger partial charge in [-0.05, 0) is 38.8 Å². The zero-order chi connectivity index (χ0) is 13.0. The Labute approximate surface area is 109 Å². The van der Waals surface area contributed by atoms with Crippen LogP contribution in [0.3, 0.4) is 0 Å². The lowest BCUT2D eigenvalue weighted by atomic mass is 10.1. The van der Waals surface area contributed by atoms with Crippen molar-refractivity contribution in [1.82, 2.24) is 4.98 Å². The van der Waals surface area contributed by atoms with Gasteiger partial charge in [-0.15, -0.1) is 0 Å². The molecule has 0 saturated carbocycles. The molecule has 1 saturated heterocycles. The van der Waals surface area contributed by atoms with E-state index in [1.807, 2.05) is 25.3 Å². The summed E-state index contributed by atoms with van der Waals surface area (Å²) in [6.07, 6.45) is 3.92. The number of rotatable bonds is 4. The SMILES string of the molecule is CCOC1CCN(c2ccc([C@H](C)O)nc2)CC1. The van der Waals surface area contributed by atoms with Crippen LogP contribution in [0, 0.1) is 0 Å². The van der Waals surface area contributed by atoms with Gasteiger partial charge in [-0.25, -0.2) is 0 Å². The smallest absolute Gasteiger partial charge is 0.0931 e. The molecule has 0 spiro atoms. The monoisotopic (exact) mass is 250 g/mol. The number of nitrogens with zero attached hydrogens (tertiary/aromatic N) is 2. The first kappa shape index (κ1) is 13.3. The predicted molar refractivity (Wildman–Crippen MR) is 71.7 cm³/mol. The summed E-state index contributed by atoms with van der Waals surface area (Å²) in [7, 11) is 0. The summed E-state index contributed by atoms with van der Waals surface area (Å²) in [5.41, 5.74) is 1.86. The third-order valence-electron chi connectivity index (χ3n) is 3.41. The van der Waals surface area contributed by atoms with Crippen LogP contribution in [0.2, 0.25) is 0 Å². The molecule has 1 atom stereocenters. The normalized spacial score (nSPS) is 18.9. The van der Waals surface area contributed by atoms with E-state index in [-0.39, 0.29) is 0 Å². The van der Waals surface area contributed by atoms with Gasteiger partial charge >= 0.3 is 0 Å². The van der Waals surface area contributed by atoms with Crippen molar-refractivity contribution in [2.45, 2.75) is 38.9 Å². The maximum Gasteiger partial charge on any atom is 0.0931 e. The Hall–Kier alpha value is -1.13. The maximum atomic E-state index is 9.43. The zero-order valence-electron chi connectivity index (χ0n) is 11.2. The van der Waals surface area contributed by atoms with Gasteiger partial charge in [-0.1, -0.05) is 0 Å². The molecule has 1 aliphatic rings. The molecule has 1 aromatic rings. The molecule has 0 unspecified atom stereocenters. The van der Waals surface area contributed by atoms with Crippen molar-refractivity contribution >= 4 is 5.69 Å². The molecule has 1 aromatic heterocycles. The first-order valence-corrected chi connectivity index (χ1v) is 6.71. The summed E-state index contributed by atoms with van der Waals surface area (Å²) in [6.45, 7) is 6.61. The van der Waals surface area contributed by atoms with Crippen LogP contribution in [0.15, 0.2) is 18.3 Å². The van der Waals surface area contributed by atoms with Gasteiger partial charge in [0.2, 0.25) is 0 Å². The van der Waals surface area contributed by atoms with E-state index in [0.717, 1.165) is 43.9 Å². The second-order valence-electron chi connectivity index (χ2n) is 4.76. The van der Waals surface area contributed by atoms with Gasteiger partial charge in [0, 0.05) is 19.7 Å². The van der Waals surface area contributed by atoms with Gasteiger partial charge < -0.3 is 14.7 Å². The van der Waals surface area contributed by atoms with Crippen molar-refractivity contribution in [1.29, 1.82) is 0 Å². The topological polar surface area (TPSA) is 45.6 Å². The van der Waals surface area contributed by atoms with Gasteiger partial charge in [0.05, 0.1) is 29.8 Å². The van der Waals surface area contributed by atoms with Gasteiger partial charge in [-0.3, -0.25) is 4.98 Å². The van der Waals surface area contributed by atoms with E-state index in [0.29, 0.717) is 6.10 Å². The molecule has 100 valence electrons.